The van der Waals surface area contributed by atoms with E-state index in [0.29, 0.717) is 5.02 Å². The Morgan fingerprint density at radius 3 is 2.43 bits per heavy atom. The summed E-state index contributed by atoms with van der Waals surface area (Å²) in [6.07, 6.45) is 2.09. The summed E-state index contributed by atoms with van der Waals surface area (Å²) in [5, 5.41) is 4.71. The molecule has 0 aromatic heterocycles. The molecule has 4 heteroatoms. The van der Waals surface area contributed by atoms with E-state index < -0.39 is 0 Å². The van der Waals surface area contributed by atoms with Gasteiger partial charge < -0.3 is 5.32 Å². The molecule has 0 spiro atoms. The van der Waals surface area contributed by atoms with Crippen LogP contribution in [0.15, 0.2) is 42.5 Å². The lowest BCUT2D eigenvalue weighted by Crippen LogP contribution is -2.33. The van der Waals surface area contributed by atoms with Gasteiger partial charge in [-0.25, -0.2) is 4.39 Å². The molecule has 1 N–H and O–H groups in total. The van der Waals surface area contributed by atoms with Gasteiger partial charge in [0.15, 0.2) is 0 Å². The third-order valence-corrected chi connectivity index (χ3v) is 4.47. The predicted molar refractivity (Wildman–Crippen MR) is 85.6 cm³/mol. The van der Waals surface area contributed by atoms with Crippen LogP contribution in [-0.2, 0) is 0 Å². The molecule has 0 bridgehead atoms. The SMILES string of the molecule is Fc1cc(Cl)cc([C@H]2CCCN[C@@H]2c2ccc(Cl)cc2)c1. The fraction of sp³-hybridized carbons (Fsp3) is 0.294. The molecule has 0 amide bonds. The van der Waals surface area contributed by atoms with Gasteiger partial charge in [-0.2, -0.15) is 0 Å². The molecular weight excluding hydrogens is 308 g/mol. The smallest absolute Gasteiger partial charge is 0.124 e. The first-order chi connectivity index (χ1) is 10.1. The lowest BCUT2D eigenvalue weighted by molar-refractivity contribution is 0.358. The van der Waals surface area contributed by atoms with Crippen LogP contribution in [0.2, 0.25) is 10.0 Å². The molecule has 110 valence electrons. The van der Waals surface area contributed by atoms with Crippen molar-refractivity contribution in [2.24, 2.45) is 0 Å². The minimum absolute atomic E-state index is 0.161. The number of hydrogen-bond acceptors (Lipinski definition) is 1. The standard InChI is InChI=1S/C17H16Cl2FN/c18-13-5-3-11(4-6-13)17-16(2-1-7-21-17)12-8-14(19)10-15(20)9-12/h3-6,8-10,16-17,21H,1-2,7H2/t16-,17-/m1/s1. The van der Waals surface area contributed by atoms with Gasteiger partial charge in [0.05, 0.1) is 0 Å². The van der Waals surface area contributed by atoms with E-state index in [-0.39, 0.29) is 17.8 Å². The van der Waals surface area contributed by atoms with Gasteiger partial charge in [0.25, 0.3) is 0 Å². The fourth-order valence-corrected chi connectivity index (χ4v) is 3.41. The molecule has 1 aliphatic heterocycles. The maximum Gasteiger partial charge on any atom is 0.124 e. The molecule has 2 aromatic rings. The molecule has 0 aliphatic carbocycles. The maximum absolute atomic E-state index is 13.6. The van der Waals surface area contributed by atoms with Gasteiger partial charge in [0, 0.05) is 22.0 Å². The van der Waals surface area contributed by atoms with E-state index in [1.54, 1.807) is 6.07 Å². The van der Waals surface area contributed by atoms with Gasteiger partial charge in [-0.05, 0) is 60.8 Å². The van der Waals surface area contributed by atoms with Gasteiger partial charge in [-0.3, -0.25) is 0 Å². The summed E-state index contributed by atoms with van der Waals surface area (Å²) in [6.45, 7) is 0.965. The van der Waals surface area contributed by atoms with Crippen LogP contribution in [-0.4, -0.2) is 6.54 Å². The minimum Gasteiger partial charge on any atom is -0.309 e. The van der Waals surface area contributed by atoms with Crippen molar-refractivity contribution in [3.63, 3.8) is 0 Å². The highest BCUT2D eigenvalue weighted by Gasteiger charge is 2.28. The lowest BCUT2D eigenvalue weighted by Gasteiger charge is -2.33. The summed E-state index contributed by atoms with van der Waals surface area (Å²) >= 11 is 12.0. The molecule has 2 atom stereocenters. The lowest BCUT2D eigenvalue weighted by atomic mass is 9.81. The Hall–Kier alpha value is -1.09. The molecule has 1 fully saturated rings. The van der Waals surface area contributed by atoms with E-state index in [0.717, 1.165) is 30.0 Å². The van der Waals surface area contributed by atoms with Crippen LogP contribution in [0, 0.1) is 5.82 Å². The van der Waals surface area contributed by atoms with Crippen molar-refractivity contribution < 1.29 is 4.39 Å². The van der Waals surface area contributed by atoms with Crippen LogP contribution in [0.25, 0.3) is 0 Å². The van der Waals surface area contributed by atoms with Crippen molar-refractivity contribution in [3.8, 4) is 0 Å². The zero-order valence-corrected chi connectivity index (χ0v) is 13.0. The van der Waals surface area contributed by atoms with E-state index in [1.165, 1.54) is 11.6 Å². The van der Waals surface area contributed by atoms with Crippen molar-refractivity contribution in [2.75, 3.05) is 6.54 Å². The van der Waals surface area contributed by atoms with Crippen LogP contribution < -0.4 is 5.32 Å². The molecule has 0 saturated carbocycles. The summed E-state index contributed by atoms with van der Waals surface area (Å²) in [5.41, 5.74) is 2.12. The maximum atomic E-state index is 13.6. The first-order valence-electron chi connectivity index (χ1n) is 7.08. The van der Waals surface area contributed by atoms with Crippen LogP contribution >= 0.6 is 23.2 Å². The zero-order valence-electron chi connectivity index (χ0n) is 11.5. The average Bonchev–Trinajstić information content (AvgIpc) is 2.47. The first kappa shape index (κ1) is 14.8. The Morgan fingerprint density at radius 1 is 0.952 bits per heavy atom. The highest BCUT2D eigenvalue weighted by molar-refractivity contribution is 6.30. The van der Waals surface area contributed by atoms with Crippen molar-refractivity contribution in [2.45, 2.75) is 24.8 Å². The number of hydrogen-bond donors (Lipinski definition) is 1. The Balaban J connectivity index is 1.95. The third kappa shape index (κ3) is 3.39. The zero-order chi connectivity index (χ0) is 14.8. The van der Waals surface area contributed by atoms with Crippen LogP contribution in [0.3, 0.4) is 0 Å². The van der Waals surface area contributed by atoms with Gasteiger partial charge in [0.2, 0.25) is 0 Å². The summed E-state index contributed by atoms with van der Waals surface area (Å²) in [5.74, 6) is -0.0638. The van der Waals surface area contributed by atoms with Crippen LogP contribution in [0.1, 0.15) is 35.9 Å². The average molecular weight is 324 g/mol. The number of halogens is 3. The molecule has 1 saturated heterocycles. The van der Waals surface area contributed by atoms with Crippen molar-refractivity contribution >= 4 is 23.2 Å². The number of benzene rings is 2. The second-order valence-electron chi connectivity index (χ2n) is 5.43. The molecule has 1 nitrogen and oxygen atoms in total. The van der Waals surface area contributed by atoms with Gasteiger partial charge in [-0.15, -0.1) is 0 Å². The normalized spacial score (nSPS) is 22.2. The first-order valence-corrected chi connectivity index (χ1v) is 7.84. The fourth-order valence-electron chi connectivity index (χ4n) is 3.06. The highest BCUT2D eigenvalue weighted by Crippen LogP contribution is 2.38. The molecule has 21 heavy (non-hydrogen) atoms. The van der Waals surface area contributed by atoms with Crippen LogP contribution in [0.5, 0.6) is 0 Å². The Kier molecular flexibility index (Phi) is 4.48. The number of rotatable bonds is 2. The number of nitrogens with one attached hydrogen (secondary N) is 1. The predicted octanol–water partition coefficient (Wildman–Crippen LogP) is 5.34. The van der Waals surface area contributed by atoms with Gasteiger partial charge >= 0.3 is 0 Å². The highest BCUT2D eigenvalue weighted by atomic mass is 35.5. The van der Waals surface area contributed by atoms with E-state index in [9.17, 15) is 4.39 Å². The van der Waals surface area contributed by atoms with Crippen LogP contribution in [0.4, 0.5) is 4.39 Å². The van der Waals surface area contributed by atoms with Gasteiger partial charge in [-0.1, -0.05) is 35.3 Å². The van der Waals surface area contributed by atoms with E-state index in [2.05, 4.69) is 5.32 Å². The number of piperidine rings is 1. The molecule has 2 aromatic carbocycles. The molecular formula is C17H16Cl2FN. The third-order valence-electron chi connectivity index (χ3n) is 4.00. The largest absolute Gasteiger partial charge is 0.309 e. The van der Waals surface area contributed by atoms with Crippen molar-refractivity contribution in [1.82, 2.24) is 5.32 Å². The molecule has 1 aliphatic rings. The second kappa shape index (κ2) is 6.35. The molecule has 0 radical (unpaired) electrons. The quantitative estimate of drug-likeness (QED) is 0.786. The second-order valence-corrected chi connectivity index (χ2v) is 6.31. The van der Waals surface area contributed by atoms with E-state index >= 15 is 0 Å². The summed E-state index contributed by atoms with van der Waals surface area (Å²) in [4.78, 5) is 0. The van der Waals surface area contributed by atoms with Crippen molar-refractivity contribution in [3.05, 3.63) is 69.5 Å². The minimum atomic E-state index is -0.280. The summed E-state index contributed by atoms with van der Waals surface area (Å²) in [7, 11) is 0. The monoisotopic (exact) mass is 323 g/mol. The Morgan fingerprint density at radius 2 is 1.71 bits per heavy atom. The molecule has 0 unspecified atom stereocenters. The van der Waals surface area contributed by atoms with Crippen molar-refractivity contribution in [1.29, 1.82) is 0 Å². The topological polar surface area (TPSA) is 12.0 Å². The Labute approximate surface area is 134 Å². The molecule has 1 heterocycles. The van der Waals surface area contributed by atoms with E-state index in [1.807, 2.05) is 30.3 Å². The summed E-state index contributed by atoms with van der Waals surface area (Å²) < 4.78 is 13.6. The Bertz CT molecular complexity index is 607. The van der Waals surface area contributed by atoms with Gasteiger partial charge in [0.1, 0.15) is 5.82 Å². The summed E-state index contributed by atoms with van der Waals surface area (Å²) in [6, 6.07) is 12.8. The van der Waals surface area contributed by atoms with E-state index in [4.69, 9.17) is 23.2 Å². The molecule has 3 rings (SSSR count).